The molecule has 0 saturated carbocycles. The van der Waals surface area contributed by atoms with Gasteiger partial charge in [-0.2, -0.15) is 0 Å². The maximum atomic E-state index is 11.2. The van der Waals surface area contributed by atoms with Crippen molar-refractivity contribution in [1.29, 1.82) is 0 Å². The quantitative estimate of drug-likeness (QED) is 0.256. The molecule has 20 heavy (non-hydrogen) atoms. The first-order chi connectivity index (χ1) is 9.02. The van der Waals surface area contributed by atoms with Crippen molar-refractivity contribution in [3.8, 4) is 0 Å². The van der Waals surface area contributed by atoms with Crippen molar-refractivity contribution in [2.45, 2.75) is 57.4 Å². The van der Waals surface area contributed by atoms with Crippen LogP contribution in [0.5, 0.6) is 0 Å². The molecule has 0 aromatic carbocycles. The fourth-order valence-electron chi connectivity index (χ4n) is 1.68. The standard InChI is InChI=1S/C12H22O8/c1-4(13)9(16)7(10(17)5(2)14)8(12(19)20)11(18)6(3)15/h4-6,9-11,13-18H,1-3H3,(H,19,20). The number of hydrogen-bond donors (Lipinski definition) is 7. The summed E-state index contributed by atoms with van der Waals surface area (Å²) in [6, 6.07) is 0. The Balaban J connectivity index is 6.07. The Hall–Kier alpha value is -1.03. The van der Waals surface area contributed by atoms with Crippen molar-refractivity contribution in [2.24, 2.45) is 0 Å². The highest BCUT2D eigenvalue weighted by atomic mass is 16.4. The third-order valence-corrected chi connectivity index (χ3v) is 2.85. The maximum absolute atomic E-state index is 11.2. The zero-order chi connectivity index (χ0) is 16.2. The molecule has 0 bridgehead atoms. The Bertz CT molecular complexity index is 344. The minimum atomic E-state index is -1.90. The molecule has 6 atom stereocenters. The fraction of sp³-hybridized carbons (Fsp3) is 0.750. The van der Waals surface area contributed by atoms with Gasteiger partial charge in [-0.05, 0) is 20.8 Å². The molecule has 0 aromatic heterocycles. The summed E-state index contributed by atoms with van der Waals surface area (Å²) >= 11 is 0. The van der Waals surface area contributed by atoms with Gasteiger partial charge in [-0.1, -0.05) is 0 Å². The molecule has 8 heteroatoms. The van der Waals surface area contributed by atoms with E-state index in [4.69, 9.17) is 5.11 Å². The average Bonchev–Trinajstić information content (AvgIpc) is 2.32. The Labute approximate surface area is 116 Å². The van der Waals surface area contributed by atoms with Gasteiger partial charge in [0, 0.05) is 5.57 Å². The monoisotopic (exact) mass is 294 g/mol. The van der Waals surface area contributed by atoms with Crippen molar-refractivity contribution in [1.82, 2.24) is 0 Å². The second-order valence-electron chi connectivity index (χ2n) is 4.73. The molecule has 6 unspecified atom stereocenters. The fourth-order valence-corrected chi connectivity index (χ4v) is 1.68. The lowest BCUT2D eigenvalue weighted by atomic mass is 9.88. The molecule has 7 N–H and O–H groups in total. The maximum Gasteiger partial charge on any atom is 0.334 e. The molecule has 0 aliphatic carbocycles. The van der Waals surface area contributed by atoms with Crippen LogP contribution in [0.1, 0.15) is 20.8 Å². The SMILES string of the molecule is CC(O)C(O)C(C(=O)O)=C(C(O)C(C)O)C(O)C(C)O. The first-order valence-corrected chi connectivity index (χ1v) is 6.08. The highest BCUT2D eigenvalue weighted by Crippen LogP contribution is 2.23. The molecule has 0 aromatic rings. The number of rotatable bonds is 7. The van der Waals surface area contributed by atoms with E-state index in [1.165, 1.54) is 0 Å². The van der Waals surface area contributed by atoms with Crippen molar-refractivity contribution >= 4 is 5.97 Å². The lowest BCUT2D eigenvalue weighted by molar-refractivity contribution is -0.135. The summed E-state index contributed by atoms with van der Waals surface area (Å²) < 4.78 is 0. The predicted molar refractivity (Wildman–Crippen MR) is 67.7 cm³/mol. The van der Waals surface area contributed by atoms with E-state index in [0.717, 1.165) is 20.8 Å². The van der Waals surface area contributed by atoms with Crippen LogP contribution in [0.15, 0.2) is 11.1 Å². The van der Waals surface area contributed by atoms with E-state index in [9.17, 15) is 35.4 Å². The van der Waals surface area contributed by atoms with Gasteiger partial charge >= 0.3 is 5.97 Å². The van der Waals surface area contributed by atoms with Crippen LogP contribution in [0.3, 0.4) is 0 Å². The molecule has 8 nitrogen and oxygen atoms in total. The van der Waals surface area contributed by atoms with Crippen molar-refractivity contribution < 1.29 is 40.5 Å². The van der Waals surface area contributed by atoms with E-state index in [0.29, 0.717) is 0 Å². The molecule has 0 spiro atoms. The summed E-state index contributed by atoms with van der Waals surface area (Å²) in [5.74, 6) is -1.69. The number of hydrogen-bond acceptors (Lipinski definition) is 7. The molecular formula is C12H22O8. The molecule has 0 aliphatic heterocycles. The third kappa shape index (κ3) is 4.51. The molecule has 0 aliphatic rings. The summed E-state index contributed by atoms with van der Waals surface area (Å²) in [4.78, 5) is 11.2. The highest BCUT2D eigenvalue weighted by Gasteiger charge is 2.36. The smallest absolute Gasteiger partial charge is 0.334 e. The van der Waals surface area contributed by atoms with Gasteiger partial charge in [0.25, 0.3) is 0 Å². The average molecular weight is 294 g/mol. The van der Waals surface area contributed by atoms with Gasteiger partial charge < -0.3 is 35.7 Å². The summed E-state index contributed by atoms with van der Waals surface area (Å²) in [5, 5.41) is 66.5. The van der Waals surface area contributed by atoms with Gasteiger partial charge in [-0.3, -0.25) is 0 Å². The van der Waals surface area contributed by atoms with Gasteiger partial charge in [0.1, 0.15) is 18.3 Å². The molecule has 118 valence electrons. The molecule has 0 rings (SSSR count). The molecule has 0 radical (unpaired) electrons. The van der Waals surface area contributed by atoms with Crippen LogP contribution >= 0.6 is 0 Å². The normalized spacial score (nSPS) is 20.4. The second kappa shape index (κ2) is 7.67. The van der Waals surface area contributed by atoms with Crippen LogP contribution in [0.4, 0.5) is 0 Å². The van der Waals surface area contributed by atoms with E-state index < -0.39 is 53.7 Å². The third-order valence-electron chi connectivity index (χ3n) is 2.85. The lowest BCUT2D eigenvalue weighted by Gasteiger charge is -2.28. The Morgan fingerprint density at radius 1 is 0.700 bits per heavy atom. The first-order valence-electron chi connectivity index (χ1n) is 6.08. The minimum Gasteiger partial charge on any atom is -0.478 e. The van der Waals surface area contributed by atoms with Crippen molar-refractivity contribution in [2.75, 3.05) is 0 Å². The van der Waals surface area contributed by atoms with Gasteiger partial charge in [-0.25, -0.2) is 4.79 Å². The number of carbonyl (C=O) groups is 1. The van der Waals surface area contributed by atoms with E-state index in [1.54, 1.807) is 0 Å². The lowest BCUT2D eigenvalue weighted by Crippen LogP contribution is -2.41. The summed E-state index contributed by atoms with van der Waals surface area (Å²) in [6.45, 7) is 3.41. The Morgan fingerprint density at radius 2 is 1.00 bits per heavy atom. The van der Waals surface area contributed by atoms with Crippen LogP contribution in [0.2, 0.25) is 0 Å². The van der Waals surface area contributed by atoms with Gasteiger partial charge in [0.05, 0.1) is 23.9 Å². The molecule has 0 heterocycles. The Morgan fingerprint density at radius 3 is 1.20 bits per heavy atom. The molecule has 0 fully saturated rings. The van der Waals surface area contributed by atoms with Crippen molar-refractivity contribution in [3.63, 3.8) is 0 Å². The number of aliphatic hydroxyl groups excluding tert-OH is 6. The largest absolute Gasteiger partial charge is 0.478 e. The van der Waals surface area contributed by atoms with Crippen LogP contribution in [0.25, 0.3) is 0 Å². The van der Waals surface area contributed by atoms with Gasteiger partial charge in [-0.15, -0.1) is 0 Å². The molecular weight excluding hydrogens is 272 g/mol. The summed E-state index contributed by atoms with van der Waals surface area (Å²) in [7, 11) is 0. The van der Waals surface area contributed by atoms with Crippen molar-refractivity contribution in [3.05, 3.63) is 11.1 Å². The Kier molecular flexibility index (Phi) is 7.28. The van der Waals surface area contributed by atoms with Crippen LogP contribution in [-0.2, 0) is 4.79 Å². The zero-order valence-corrected chi connectivity index (χ0v) is 11.5. The van der Waals surface area contributed by atoms with Gasteiger partial charge in [0.2, 0.25) is 0 Å². The summed E-state index contributed by atoms with van der Waals surface area (Å²) in [6.07, 6.45) is -9.93. The van der Waals surface area contributed by atoms with E-state index in [1.807, 2.05) is 0 Å². The van der Waals surface area contributed by atoms with E-state index in [-0.39, 0.29) is 0 Å². The minimum absolute atomic E-state index is 0.643. The number of carboxylic acid groups (broad SMARTS) is 1. The first kappa shape index (κ1) is 19.0. The number of aliphatic carboxylic acids is 1. The number of carboxylic acids is 1. The molecule has 0 saturated heterocycles. The van der Waals surface area contributed by atoms with Crippen LogP contribution in [-0.4, -0.2) is 78.3 Å². The van der Waals surface area contributed by atoms with Crippen LogP contribution in [0, 0.1) is 0 Å². The van der Waals surface area contributed by atoms with E-state index in [2.05, 4.69) is 0 Å². The van der Waals surface area contributed by atoms with E-state index >= 15 is 0 Å². The molecule has 0 amide bonds. The topological polar surface area (TPSA) is 159 Å². The van der Waals surface area contributed by atoms with Crippen LogP contribution < -0.4 is 0 Å². The zero-order valence-electron chi connectivity index (χ0n) is 11.5. The highest BCUT2D eigenvalue weighted by molar-refractivity contribution is 5.89. The second-order valence-corrected chi connectivity index (χ2v) is 4.73. The predicted octanol–water partition coefficient (Wildman–Crippen LogP) is -2.41. The van der Waals surface area contributed by atoms with Gasteiger partial charge in [0.15, 0.2) is 0 Å². The summed E-state index contributed by atoms with van der Waals surface area (Å²) in [5.41, 5.74) is -1.50. The number of aliphatic hydroxyl groups is 6.